The Kier molecular flexibility index (Phi) is 5.49. The lowest BCUT2D eigenvalue weighted by molar-refractivity contribution is -0.116. The summed E-state index contributed by atoms with van der Waals surface area (Å²) in [5.41, 5.74) is 3.68. The van der Waals surface area contributed by atoms with Crippen molar-refractivity contribution >= 4 is 34.1 Å². The van der Waals surface area contributed by atoms with Crippen LogP contribution in [0.1, 0.15) is 23.5 Å². The number of hydrogen-bond donors (Lipinski definition) is 2. The van der Waals surface area contributed by atoms with Gasteiger partial charge in [0.1, 0.15) is 10.9 Å². The number of carbonyl (C=O) groups excluding carboxylic acids is 1. The molecule has 5 nitrogen and oxygen atoms in total. The molecule has 0 unspecified atom stereocenters. The quantitative estimate of drug-likeness (QED) is 0.423. The summed E-state index contributed by atoms with van der Waals surface area (Å²) in [6.07, 6.45) is 3.93. The summed E-state index contributed by atoms with van der Waals surface area (Å²) in [6.45, 7) is 0. The van der Waals surface area contributed by atoms with Gasteiger partial charge in [-0.1, -0.05) is 35.9 Å². The zero-order valence-corrected chi connectivity index (χ0v) is 16.6. The average Bonchev–Trinajstić information content (AvgIpc) is 3.16. The number of anilines is 1. The minimum Gasteiger partial charge on any atom is -0.497 e. The van der Waals surface area contributed by atoms with Gasteiger partial charge in [-0.2, -0.15) is 0 Å². The van der Waals surface area contributed by atoms with Gasteiger partial charge >= 0.3 is 0 Å². The van der Waals surface area contributed by atoms with Gasteiger partial charge in [-0.3, -0.25) is 4.79 Å². The van der Waals surface area contributed by atoms with Crippen molar-refractivity contribution in [1.82, 2.24) is 9.97 Å². The highest BCUT2D eigenvalue weighted by Crippen LogP contribution is 2.35. The number of nitrogens with zero attached hydrogens (tertiary/aromatic N) is 1. The standard InChI is InChI=1S/C23H20ClN3O2/c1-29-17-8-9-21-19(11-17)20(14-25-21)18(15-7-10-22(24)26-13-15)12-23(28)27-16-5-3-2-4-6-16/h2-11,13-14,18,25H,12H2,1H3,(H,27,28)/t18-/m0/s1. The Balaban J connectivity index is 1.71. The number of para-hydroxylation sites is 1. The summed E-state index contributed by atoms with van der Waals surface area (Å²) >= 11 is 5.98. The fourth-order valence-corrected chi connectivity index (χ4v) is 3.57. The number of aromatic nitrogens is 2. The summed E-state index contributed by atoms with van der Waals surface area (Å²) in [6, 6.07) is 18.9. The van der Waals surface area contributed by atoms with Gasteiger partial charge in [0.15, 0.2) is 0 Å². The molecular formula is C23H20ClN3O2. The van der Waals surface area contributed by atoms with Gasteiger partial charge in [-0.25, -0.2) is 4.98 Å². The van der Waals surface area contributed by atoms with Crippen molar-refractivity contribution in [2.75, 3.05) is 12.4 Å². The molecule has 29 heavy (non-hydrogen) atoms. The second-order valence-electron chi connectivity index (χ2n) is 6.74. The predicted molar refractivity (Wildman–Crippen MR) is 116 cm³/mol. The van der Waals surface area contributed by atoms with Crippen molar-refractivity contribution in [2.45, 2.75) is 12.3 Å². The lowest BCUT2D eigenvalue weighted by Gasteiger charge is -2.17. The first-order valence-corrected chi connectivity index (χ1v) is 9.63. The molecule has 2 aromatic carbocycles. The highest BCUT2D eigenvalue weighted by Gasteiger charge is 2.22. The molecule has 2 aromatic heterocycles. The van der Waals surface area contributed by atoms with Crippen LogP contribution in [0, 0.1) is 0 Å². The maximum absolute atomic E-state index is 12.8. The van der Waals surface area contributed by atoms with Crippen LogP contribution in [0.5, 0.6) is 5.75 Å². The van der Waals surface area contributed by atoms with Crippen LogP contribution in [-0.4, -0.2) is 23.0 Å². The van der Waals surface area contributed by atoms with Crippen molar-refractivity contribution in [3.63, 3.8) is 0 Å². The Labute approximate surface area is 173 Å². The van der Waals surface area contributed by atoms with Gasteiger partial charge in [0.05, 0.1) is 7.11 Å². The summed E-state index contributed by atoms with van der Waals surface area (Å²) < 4.78 is 5.38. The number of pyridine rings is 1. The lowest BCUT2D eigenvalue weighted by Crippen LogP contribution is -2.16. The molecule has 1 amide bonds. The zero-order valence-electron chi connectivity index (χ0n) is 15.9. The molecule has 0 aliphatic rings. The highest BCUT2D eigenvalue weighted by atomic mass is 35.5. The molecule has 146 valence electrons. The van der Waals surface area contributed by atoms with Crippen LogP contribution in [0.2, 0.25) is 5.15 Å². The van der Waals surface area contributed by atoms with E-state index in [1.807, 2.05) is 60.8 Å². The van der Waals surface area contributed by atoms with Crippen LogP contribution in [-0.2, 0) is 4.79 Å². The normalized spacial score (nSPS) is 11.9. The molecule has 0 fully saturated rings. The molecular weight excluding hydrogens is 386 g/mol. The van der Waals surface area contributed by atoms with E-state index < -0.39 is 0 Å². The number of fused-ring (bicyclic) bond motifs is 1. The number of rotatable bonds is 6. The van der Waals surface area contributed by atoms with Crippen LogP contribution < -0.4 is 10.1 Å². The number of halogens is 1. The molecule has 2 heterocycles. The van der Waals surface area contributed by atoms with E-state index in [0.717, 1.165) is 33.5 Å². The van der Waals surface area contributed by atoms with E-state index in [9.17, 15) is 4.79 Å². The Bertz CT molecular complexity index is 1120. The average molecular weight is 406 g/mol. The maximum Gasteiger partial charge on any atom is 0.225 e. The van der Waals surface area contributed by atoms with Crippen molar-refractivity contribution in [3.05, 3.63) is 89.3 Å². The molecule has 0 radical (unpaired) electrons. The number of H-pyrrole nitrogens is 1. The van der Waals surface area contributed by atoms with E-state index in [0.29, 0.717) is 5.15 Å². The van der Waals surface area contributed by atoms with Gasteiger partial charge in [0.2, 0.25) is 5.91 Å². The minimum atomic E-state index is -0.190. The van der Waals surface area contributed by atoms with Gasteiger partial charge in [-0.05, 0) is 47.5 Å². The molecule has 1 atom stereocenters. The van der Waals surface area contributed by atoms with E-state index in [4.69, 9.17) is 16.3 Å². The SMILES string of the molecule is COc1ccc2[nH]cc([C@@H](CC(=O)Nc3ccccc3)c3ccc(Cl)nc3)c2c1. The summed E-state index contributed by atoms with van der Waals surface area (Å²) in [5, 5.41) is 4.40. The largest absolute Gasteiger partial charge is 0.497 e. The van der Waals surface area contributed by atoms with Crippen LogP contribution in [0.3, 0.4) is 0 Å². The summed E-state index contributed by atoms with van der Waals surface area (Å²) in [4.78, 5) is 20.3. The fourth-order valence-electron chi connectivity index (χ4n) is 3.46. The Morgan fingerprint density at radius 3 is 2.72 bits per heavy atom. The molecule has 0 aliphatic carbocycles. The topological polar surface area (TPSA) is 67.0 Å². The third kappa shape index (κ3) is 4.25. The molecule has 4 aromatic rings. The third-order valence-corrected chi connectivity index (χ3v) is 5.12. The second kappa shape index (κ2) is 8.37. The predicted octanol–water partition coefficient (Wildman–Crippen LogP) is 5.39. The first-order chi connectivity index (χ1) is 14.1. The van der Waals surface area contributed by atoms with E-state index in [2.05, 4.69) is 15.3 Å². The molecule has 0 bridgehead atoms. The number of aromatic amines is 1. The molecule has 0 aliphatic heterocycles. The zero-order chi connectivity index (χ0) is 20.2. The van der Waals surface area contributed by atoms with Crippen LogP contribution in [0.15, 0.2) is 73.1 Å². The number of ether oxygens (including phenoxy) is 1. The van der Waals surface area contributed by atoms with Gasteiger partial charge in [0.25, 0.3) is 0 Å². The van der Waals surface area contributed by atoms with Crippen LogP contribution in [0.25, 0.3) is 10.9 Å². The van der Waals surface area contributed by atoms with E-state index >= 15 is 0 Å². The molecule has 0 saturated heterocycles. The van der Waals surface area contributed by atoms with Gasteiger partial charge in [0, 0.05) is 41.3 Å². The van der Waals surface area contributed by atoms with Crippen LogP contribution in [0.4, 0.5) is 5.69 Å². The highest BCUT2D eigenvalue weighted by molar-refractivity contribution is 6.29. The molecule has 4 rings (SSSR count). The first kappa shape index (κ1) is 19.0. The number of carbonyl (C=O) groups is 1. The number of hydrogen-bond acceptors (Lipinski definition) is 3. The monoisotopic (exact) mass is 405 g/mol. The number of methoxy groups -OCH3 is 1. The number of nitrogens with one attached hydrogen (secondary N) is 2. The Morgan fingerprint density at radius 2 is 2.00 bits per heavy atom. The Morgan fingerprint density at radius 1 is 1.17 bits per heavy atom. The summed E-state index contributed by atoms with van der Waals surface area (Å²) in [5.74, 6) is 0.498. The van der Waals surface area contributed by atoms with E-state index in [-0.39, 0.29) is 18.2 Å². The molecule has 0 spiro atoms. The smallest absolute Gasteiger partial charge is 0.225 e. The van der Waals surface area contributed by atoms with Crippen molar-refractivity contribution in [2.24, 2.45) is 0 Å². The minimum absolute atomic E-state index is 0.0756. The van der Waals surface area contributed by atoms with Crippen molar-refractivity contribution in [3.8, 4) is 5.75 Å². The molecule has 0 saturated carbocycles. The van der Waals surface area contributed by atoms with Crippen molar-refractivity contribution < 1.29 is 9.53 Å². The lowest BCUT2D eigenvalue weighted by atomic mass is 9.89. The van der Waals surface area contributed by atoms with E-state index in [1.165, 1.54) is 0 Å². The fraction of sp³-hybridized carbons (Fsp3) is 0.130. The first-order valence-electron chi connectivity index (χ1n) is 9.25. The summed E-state index contributed by atoms with van der Waals surface area (Å²) in [7, 11) is 1.64. The molecule has 2 N–H and O–H groups in total. The molecule has 6 heteroatoms. The van der Waals surface area contributed by atoms with Crippen molar-refractivity contribution in [1.29, 1.82) is 0 Å². The number of amides is 1. The van der Waals surface area contributed by atoms with Gasteiger partial charge < -0.3 is 15.0 Å². The number of benzene rings is 2. The van der Waals surface area contributed by atoms with Crippen LogP contribution >= 0.6 is 11.6 Å². The Hall–Kier alpha value is -3.31. The third-order valence-electron chi connectivity index (χ3n) is 4.90. The van der Waals surface area contributed by atoms with E-state index in [1.54, 1.807) is 19.4 Å². The second-order valence-corrected chi connectivity index (χ2v) is 7.13. The maximum atomic E-state index is 12.8. The van der Waals surface area contributed by atoms with Gasteiger partial charge in [-0.15, -0.1) is 0 Å².